The van der Waals surface area contributed by atoms with Crippen LogP contribution in [-0.4, -0.2) is 42.0 Å². The van der Waals surface area contributed by atoms with Gasteiger partial charge in [-0.2, -0.15) is 0 Å². The highest BCUT2D eigenvalue weighted by molar-refractivity contribution is 7.19. The summed E-state index contributed by atoms with van der Waals surface area (Å²) >= 11 is 1.65. The van der Waals surface area contributed by atoms with Crippen LogP contribution in [0.4, 0.5) is 0 Å². The topological polar surface area (TPSA) is 49.8 Å². The van der Waals surface area contributed by atoms with E-state index >= 15 is 0 Å². The molecule has 190 valence electrons. The lowest BCUT2D eigenvalue weighted by Crippen LogP contribution is -2.33. The molecule has 0 saturated carbocycles. The summed E-state index contributed by atoms with van der Waals surface area (Å²) in [5.74, 6) is 1.08. The summed E-state index contributed by atoms with van der Waals surface area (Å²) in [5, 5.41) is 11.0. The molecule has 2 heterocycles. The number of fused-ring (bicyclic) bond motifs is 1. The van der Waals surface area contributed by atoms with Crippen molar-refractivity contribution in [2.24, 2.45) is 0 Å². The van der Waals surface area contributed by atoms with Crippen LogP contribution in [0.1, 0.15) is 79.1 Å². The average Bonchev–Trinajstić information content (AvgIpc) is 3.26. The van der Waals surface area contributed by atoms with E-state index in [-0.39, 0.29) is 16.9 Å². The highest BCUT2D eigenvalue weighted by Gasteiger charge is 2.33. The Hall–Kier alpha value is -2.63. The van der Waals surface area contributed by atoms with Crippen molar-refractivity contribution in [2.45, 2.75) is 63.7 Å². The molecule has 0 bridgehead atoms. The van der Waals surface area contributed by atoms with Gasteiger partial charge in [-0.1, -0.05) is 38.3 Å². The lowest BCUT2D eigenvalue weighted by atomic mass is 9.78. The third-order valence-electron chi connectivity index (χ3n) is 7.71. The second-order valence-electron chi connectivity index (χ2n) is 10.5. The summed E-state index contributed by atoms with van der Waals surface area (Å²) in [4.78, 5) is 17.5. The predicted molar refractivity (Wildman–Crippen MR) is 149 cm³/mol. The number of benzene rings is 2. The molecule has 1 atom stereocenters. The van der Waals surface area contributed by atoms with E-state index in [1.54, 1.807) is 23.5 Å². The van der Waals surface area contributed by atoms with Gasteiger partial charge in [0.25, 0.3) is 0 Å². The number of hydrogen-bond donors (Lipinski definition) is 1. The average molecular weight is 504 g/mol. The van der Waals surface area contributed by atoms with Crippen molar-refractivity contribution < 1.29 is 14.6 Å². The Labute approximate surface area is 218 Å². The number of ketones is 1. The highest BCUT2D eigenvalue weighted by Crippen LogP contribution is 2.45. The molecule has 1 unspecified atom stereocenters. The molecule has 1 N–H and O–H groups in total. The smallest absolute Gasteiger partial charge is 0.194 e. The number of phenols is 1. The molecule has 1 aliphatic carbocycles. The van der Waals surface area contributed by atoms with Crippen molar-refractivity contribution in [3.8, 4) is 11.5 Å². The van der Waals surface area contributed by atoms with Crippen molar-refractivity contribution in [3.63, 3.8) is 0 Å². The lowest BCUT2D eigenvalue weighted by Gasteiger charge is -2.28. The molecule has 1 saturated heterocycles. The molecule has 5 heteroatoms. The van der Waals surface area contributed by atoms with E-state index in [9.17, 15) is 9.90 Å². The van der Waals surface area contributed by atoms with Crippen molar-refractivity contribution in [3.05, 3.63) is 70.6 Å². The van der Waals surface area contributed by atoms with Gasteiger partial charge in [0.1, 0.15) is 18.1 Å². The van der Waals surface area contributed by atoms with E-state index in [2.05, 4.69) is 24.0 Å². The molecule has 36 heavy (non-hydrogen) atoms. The largest absolute Gasteiger partial charge is 0.508 e. The molecule has 0 spiro atoms. The number of rotatable bonds is 7. The van der Waals surface area contributed by atoms with Gasteiger partial charge < -0.3 is 9.84 Å². The van der Waals surface area contributed by atoms with Crippen LogP contribution in [0.15, 0.2) is 54.6 Å². The minimum absolute atomic E-state index is 0.0403. The van der Waals surface area contributed by atoms with Gasteiger partial charge in [0, 0.05) is 38.0 Å². The minimum atomic E-state index is -0.192. The zero-order valence-corrected chi connectivity index (χ0v) is 22.1. The van der Waals surface area contributed by atoms with Crippen LogP contribution in [0.5, 0.6) is 11.5 Å². The van der Waals surface area contributed by atoms with Crippen LogP contribution < -0.4 is 4.74 Å². The molecule has 5 rings (SSSR count). The predicted octanol–water partition coefficient (Wildman–Crippen LogP) is 7.48. The maximum atomic E-state index is 14.0. The molecule has 4 nitrogen and oxygen atoms in total. The molecular formula is C31H37NO3S. The van der Waals surface area contributed by atoms with E-state index in [4.69, 9.17) is 4.74 Å². The van der Waals surface area contributed by atoms with Crippen molar-refractivity contribution in [1.82, 2.24) is 4.90 Å². The van der Waals surface area contributed by atoms with E-state index in [0.29, 0.717) is 12.2 Å². The first-order valence-corrected chi connectivity index (χ1v) is 14.3. The van der Waals surface area contributed by atoms with Gasteiger partial charge in [0.05, 0.1) is 0 Å². The third kappa shape index (κ3) is 5.52. The van der Waals surface area contributed by atoms with Crippen molar-refractivity contribution in [2.75, 3.05) is 26.2 Å². The van der Waals surface area contributed by atoms with Gasteiger partial charge >= 0.3 is 0 Å². The Balaban J connectivity index is 1.40. The lowest BCUT2D eigenvalue weighted by molar-refractivity contribution is 0.103. The van der Waals surface area contributed by atoms with Crippen LogP contribution in [0.2, 0.25) is 0 Å². The van der Waals surface area contributed by atoms with Crippen LogP contribution in [0.25, 0.3) is 10.1 Å². The molecule has 1 aliphatic heterocycles. The molecule has 0 radical (unpaired) electrons. The number of thiophene rings is 1. The number of aromatic hydroxyl groups is 1. The van der Waals surface area contributed by atoms with Crippen LogP contribution in [-0.2, 0) is 5.41 Å². The summed E-state index contributed by atoms with van der Waals surface area (Å²) in [6.45, 7) is 6.21. The summed E-state index contributed by atoms with van der Waals surface area (Å²) in [6, 6.07) is 13.0. The zero-order valence-electron chi connectivity index (χ0n) is 21.3. The minimum Gasteiger partial charge on any atom is -0.508 e. The molecule has 3 aromatic rings. The SMILES string of the molecule is CC1(c2sc3cc(O)ccc3c2C(=O)c2ccc(OCCN3CCCCC3)cc2)C=CCCCCC1. The number of hydrogen-bond acceptors (Lipinski definition) is 5. The number of likely N-dealkylation sites (tertiary alicyclic amines) is 1. The van der Waals surface area contributed by atoms with Gasteiger partial charge in [-0.15, -0.1) is 11.3 Å². The van der Waals surface area contributed by atoms with Crippen LogP contribution in [0.3, 0.4) is 0 Å². The summed E-state index contributed by atoms with van der Waals surface area (Å²) in [5.41, 5.74) is 1.26. The zero-order chi connectivity index (χ0) is 25.0. The first-order valence-electron chi connectivity index (χ1n) is 13.5. The quantitative estimate of drug-likeness (QED) is 0.268. The normalized spacial score (nSPS) is 21.2. The Morgan fingerprint density at radius 3 is 2.61 bits per heavy atom. The summed E-state index contributed by atoms with van der Waals surface area (Å²) in [6.07, 6.45) is 14.2. The number of carbonyl (C=O) groups is 1. The van der Waals surface area contributed by atoms with Gasteiger partial charge in [0.15, 0.2) is 5.78 Å². The van der Waals surface area contributed by atoms with E-state index < -0.39 is 0 Å². The van der Waals surface area contributed by atoms with Crippen molar-refractivity contribution >= 4 is 27.2 Å². The monoisotopic (exact) mass is 503 g/mol. The Bertz CT molecular complexity index is 1220. The molecule has 1 fully saturated rings. The van der Waals surface area contributed by atoms with Gasteiger partial charge in [-0.3, -0.25) is 9.69 Å². The Kier molecular flexibility index (Phi) is 7.78. The fraction of sp³-hybridized carbons (Fsp3) is 0.452. The molecule has 0 amide bonds. The van der Waals surface area contributed by atoms with E-state index in [1.165, 1.54) is 45.2 Å². The highest BCUT2D eigenvalue weighted by atomic mass is 32.1. The van der Waals surface area contributed by atoms with Gasteiger partial charge in [0.2, 0.25) is 0 Å². The van der Waals surface area contributed by atoms with Gasteiger partial charge in [-0.05, 0) is 87.7 Å². The Morgan fingerprint density at radius 2 is 1.81 bits per heavy atom. The Morgan fingerprint density at radius 1 is 1.03 bits per heavy atom. The van der Waals surface area contributed by atoms with Crippen LogP contribution in [0, 0.1) is 0 Å². The second kappa shape index (κ2) is 11.2. The summed E-state index contributed by atoms with van der Waals surface area (Å²) in [7, 11) is 0. The maximum absolute atomic E-state index is 14.0. The first-order chi connectivity index (χ1) is 17.5. The van der Waals surface area contributed by atoms with Gasteiger partial charge in [-0.25, -0.2) is 0 Å². The number of phenolic OH excluding ortho intramolecular Hbond substituents is 1. The molecule has 2 aliphatic rings. The number of carbonyl (C=O) groups excluding carboxylic acids is 1. The number of piperidine rings is 1. The fourth-order valence-corrected chi connectivity index (χ4v) is 6.97. The second-order valence-corrected chi connectivity index (χ2v) is 11.6. The summed E-state index contributed by atoms with van der Waals surface area (Å²) < 4.78 is 6.95. The number of allylic oxidation sites excluding steroid dienone is 2. The maximum Gasteiger partial charge on any atom is 0.194 e. The standard InChI is InChI=1S/C31H37NO3S/c1-31(16-6-3-2-4-7-17-31)30-28(26-15-12-24(33)22-27(26)36-30)29(34)23-10-13-25(14-11-23)35-21-20-32-18-8-5-9-19-32/h6,10-16,22,33H,2-5,7-9,17-21H2,1H3. The van der Waals surface area contributed by atoms with Crippen LogP contribution >= 0.6 is 11.3 Å². The van der Waals surface area contributed by atoms with E-state index in [1.807, 2.05) is 30.3 Å². The van der Waals surface area contributed by atoms with Crippen molar-refractivity contribution in [1.29, 1.82) is 0 Å². The first kappa shape index (κ1) is 25.0. The number of ether oxygens (including phenoxy) is 1. The number of nitrogens with zero attached hydrogens (tertiary/aromatic N) is 1. The third-order valence-corrected chi connectivity index (χ3v) is 9.15. The molecule has 2 aromatic carbocycles. The fourth-order valence-electron chi connectivity index (χ4n) is 5.58. The van der Waals surface area contributed by atoms with E-state index in [0.717, 1.165) is 52.1 Å². The molecule has 1 aromatic heterocycles. The molecular weight excluding hydrogens is 466 g/mol.